The Kier molecular flexibility index (Phi) is 1.73. The molecule has 0 aliphatic carbocycles. The molecule has 0 amide bonds. The van der Waals surface area contributed by atoms with Crippen LogP contribution in [0.3, 0.4) is 0 Å². The molecule has 0 saturated heterocycles. The number of benzene rings is 1. The van der Waals surface area contributed by atoms with Gasteiger partial charge in [-0.3, -0.25) is 0 Å². The Balaban J connectivity index is 2.94. The van der Waals surface area contributed by atoms with Crippen LogP contribution in [0.1, 0.15) is 5.56 Å². The van der Waals surface area contributed by atoms with Crippen LogP contribution in [0.5, 0.6) is 0 Å². The first-order chi connectivity index (χ1) is 6.16. The van der Waals surface area contributed by atoms with Crippen LogP contribution in [0.2, 0.25) is 0 Å². The van der Waals surface area contributed by atoms with Gasteiger partial charge in [-0.1, -0.05) is 17.6 Å². The molecule has 13 heavy (non-hydrogen) atoms. The predicted molar refractivity (Wildman–Crippen MR) is 55.4 cm³/mol. The Morgan fingerprint density at radius 3 is 2.85 bits per heavy atom. The third kappa shape index (κ3) is 1.37. The number of hydrogen-bond acceptors (Lipinski definition) is 2. The van der Waals surface area contributed by atoms with E-state index in [0.717, 1.165) is 16.4 Å². The summed E-state index contributed by atoms with van der Waals surface area (Å²) in [4.78, 5) is 11.0. The lowest BCUT2D eigenvalue weighted by molar-refractivity contribution is 0.560. The van der Waals surface area contributed by atoms with Gasteiger partial charge in [-0.2, -0.15) is 0 Å². The third-order valence-electron chi connectivity index (χ3n) is 2.11. The molecule has 0 spiro atoms. The standard InChI is InChI=1S/C10H9BO2/c1-6-4-10(12)13-9-5-7(11)2-3-8(6)9/h2-5H,11H2,1H3. The molecule has 1 aromatic heterocycles. The van der Waals surface area contributed by atoms with Gasteiger partial charge in [-0.25, -0.2) is 4.79 Å². The van der Waals surface area contributed by atoms with Crippen LogP contribution in [0, 0.1) is 6.92 Å². The minimum absolute atomic E-state index is 0.282. The highest BCUT2D eigenvalue weighted by Gasteiger charge is 2.00. The van der Waals surface area contributed by atoms with E-state index in [1.807, 2.05) is 33.0 Å². The lowest BCUT2D eigenvalue weighted by Gasteiger charge is -2.00. The van der Waals surface area contributed by atoms with Gasteiger partial charge in [0.1, 0.15) is 13.4 Å². The van der Waals surface area contributed by atoms with Crippen molar-refractivity contribution in [2.45, 2.75) is 6.92 Å². The van der Waals surface area contributed by atoms with Crippen molar-refractivity contribution in [3.63, 3.8) is 0 Å². The fraction of sp³-hybridized carbons (Fsp3) is 0.100. The first kappa shape index (κ1) is 8.11. The molecule has 2 aromatic rings. The molecule has 0 aliphatic heterocycles. The SMILES string of the molecule is Bc1ccc2c(C)cc(=O)oc2c1. The van der Waals surface area contributed by atoms with Crippen LogP contribution in [0.4, 0.5) is 0 Å². The van der Waals surface area contributed by atoms with Crippen LogP contribution in [-0.2, 0) is 0 Å². The molecule has 0 aliphatic rings. The molecule has 1 heterocycles. The van der Waals surface area contributed by atoms with Crippen LogP contribution in [0.25, 0.3) is 11.0 Å². The summed E-state index contributed by atoms with van der Waals surface area (Å²) in [7, 11) is 1.97. The lowest BCUT2D eigenvalue weighted by Crippen LogP contribution is -2.03. The molecule has 0 unspecified atom stereocenters. The van der Waals surface area contributed by atoms with Crippen molar-refractivity contribution in [1.82, 2.24) is 0 Å². The van der Waals surface area contributed by atoms with E-state index in [2.05, 4.69) is 0 Å². The third-order valence-corrected chi connectivity index (χ3v) is 2.11. The van der Waals surface area contributed by atoms with Gasteiger partial charge in [0.2, 0.25) is 0 Å². The maximum atomic E-state index is 11.0. The molecule has 3 heteroatoms. The van der Waals surface area contributed by atoms with Crippen molar-refractivity contribution >= 4 is 24.3 Å². The highest BCUT2D eigenvalue weighted by atomic mass is 16.4. The second-order valence-corrected chi connectivity index (χ2v) is 3.25. The van der Waals surface area contributed by atoms with Crippen molar-refractivity contribution in [2.75, 3.05) is 0 Å². The smallest absolute Gasteiger partial charge is 0.336 e. The summed E-state index contributed by atoms with van der Waals surface area (Å²) in [6.07, 6.45) is 0. The number of aryl methyl sites for hydroxylation is 1. The highest BCUT2D eigenvalue weighted by molar-refractivity contribution is 6.33. The molecule has 0 fully saturated rings. The molecule has 0 saturated carbocycles. The molecular formula is C10H9BO2. The average Bonchev–Trinajstić information content (AvgIpc) is 2.02. The van der Waals surface area contributed by atoms with Gasteiger partial charge in [0, 0.05) is 11.5 Å². The van der Waals surface area contributed by atoms with Gasteiger partial charge >= 0.3 is 5.63 Å². The normalized spacial score (nSPS) is 10.5. The Hall–Kier alpha value is -1.51. The van der Waals surface area contributed by atoms with E-state index in [4.69, 9.17) is 4.42 Å². The summed E-state index contributed by atoms with van der Waals surface area (Å²) in [6, 6.07) is 7.37. The van der Waals surface area contributed by atoms with Gasteiger partial charge in [0.25, 0.3) is 0 Å². The van der Waals surface area contributed by atoms with E-state index < -0.39 is 0 Å². The molecule has 0 bridgehead atoms. The molecule has 2 rings (SSSR count). The second kappa shape index (κ2) is 2.77. The van der Waals surface area contributed by atoms with Gasteiger partial charge in [-0.05, 0) is 18.6 Å². The summed E-state index contributed by atoms with van der Waals surface area (Å²) in [5.41, 5.74) is 2.45. The maximum absolute atomic E-state index is 11.0. The Labute approximate surface area is 76.6 Å². The fourth-order valence-corrected chi connectivity index (χ4v) is 1.43. The van der Waals surface area contributed by atoms with E-state index in [1.54, 1.807) is 0 Å². The molecule has 2 nitrogen and oxygen atoms in total. The van der Waals surface area contributed by atoms with Gasteiger partial charge in [0.15, 0.2) is 0 Å². The summed E-state index contributed by atoms with van der Waals surface area (Å²) in [6.45, 7) is 1.91. The predicted octanol–water partition coefficient (Wildman–Crippen LogP) is 0.360. The largest absolute Gasteiger partial charge is 0.423 e. The van der Waals surface area contributed by atoms with Gasteiger partial charge in [0.05, 0.1) is 0 Å². The summed E-state index contributed by atoms with van der Waals surface area (Å²) in [5, 5.41) is 1.00. The fourth-order valence-electron chi connectivity index (χ4n) is 1.43. The molecule has 64 valence electrons. The summed E-state index contributed by atoms with van der Waals surface area (Å²) in [5.74, 6) is 0. The average molecular weight is 172 g/mol. The highest BCUT2D eigenvalue weighted by Crippen LogP contribution is 2.13. The van der Waals surface area contributed by atoms with E-state index in [-0.39, 0.29) is 5.63 Å². The van der Waals surface area contributed by atoms with E-state index in [9.17, 15) is 4.79 Å². The van der Waals surface area contributed by atoms with E-state index in [1.165, 1.54) is 6.07 Å². The first-order valence-corrected chi connectivity index (χ1v) is 4.18. The number of fused-ring (bicyclic) bond motifs is 1. The lowest BCUT2D eigenvalue weighted by atomic mass is 9.95. The molecular weight excluding hydrogens is 163 g/mol. The Morgan fingerprint density at radius 2 is 2.08 bits per heavy atom. The summed E-state index contributed by atoms with van der Waals surface area (Å²) >= 11 is 0. The molecule has 1 aromatic carbocycles. The Bertz CT molecular complexity index is 514. The zero-order valence-corrected chi connectivity index (χ0v) is 7.63. The van der Waals surface area contributed by atoms with Crippen LogP contribution in [0.15, 0.2) is 33.5 Å². The minimum atomic E-state index is -0.282. The van der Waals surface area contributed by atoms with Crippen LogP contribution >= 0.6 is 0 Å². The monoisotopic (exact) mass is 172 g/mol. The van der Waals surface area contributed by atoms with Crippen LogP contribution < -0.4 is 11.1 Å². The van der Waals surface area contributed by atoms with E-state index >= 15 is 0 Å². The zero-order chi connectivity index (χ0) is 9.42. The quantitative estimate of drug-likeness (QED) is 0.424. The second-order valence-electron chi connectivity index (χ2n) is 3.25. The van der Waals surface area contributed by atoms with Gasteiger partial charge < -0.3 is 4.42 Å². The number of hydrogen-bond donors (Lipinski definition) is 0. The minimum Gasteiger partial charge on any atom is -0.423 e. The van der Waals surface area contributed by atoms with Crippen molar-refractivity contribution in [3.8, 4) is 0 Å². The van der Waals surface area contributed by atoms with Crippen molar-refractivity contribution < 1.29 is 4.42 Å². The van der Waals surface area contributed by atoms with Crippen molar-refractivity contribution in [1.29, 1.82) is 0 Å². The topological polar surface area (TPSA) is 30.2 Å². The van der Waals surface area contributed by atoms with Gasteiger partial charge in [-0.15, -0.1) is 0 Å². The molecule has 0 radical (unpaired) electrons. The Morgan fingerprint density at radius 1 is 1.31 bits per heavy atom. The first-order valence-electron chi connectivity index (χ1n) is 4.18. The van der Waals surface area contributed by atoms with Crippen molar-refractivity contribution in [3.05, 3.63) is 40.2 Å². The molecule has 0 atom stereocenters. The van der Waals surface area contributed by atoms with Crippen molar-refractivity contribution in [2.24, 2.45) is 0 Å². The maximum Gasteiger partial charge on any atom is 0.336 e. The number of rotatable bonds is 0. The van der Waals surface area contributed by atoms with Crippen LogP contribution in [-0.4, -0.2) is 7.85 Å². The molecule has 0 N–H and O–H groups in total. The van der Waals surface area contributed by atoms with E-state index in [0.29, 0.717) is 5.58 Å². The summed E-state index contributed by atoms with van der Waals surface area (Å²) < 4.78 is 5.07. The zero-order valence-electron chi connectivity index (χ0n) is 7.63.